The molecule has 0 unspecified atom stereocenters. The number of hydrogen-bond donors (Lipinski definition) is 2. The number of anilines is 1. The predicted molar refractivity (Wildman–Crippen MR) is 150 cm³/mol. The van der Waals surface area contributed by atoms with Crippen LogP contribution >= 0.6 is 11.6 Å². The average Bonchev–Trinajstić information content (AvgIpc) is 2.91. The van der Waals surface area contributed by atoms with Crippen LogP contribution in [0.25, 0.3) is 11.3 Å². The van der Waals surface area contributed by atoms with Crippen molar-refractivity contribution in [1.82, 2.24) is 24.8 Å². The SMILES string of the molecule is CCc1ncnc(-c2cc(F)c(C(=O)N3CCN(CC(C)(C)O)CC3)c(Cl)c2)c1C#Cc1ccc(NC)nc1. The number of β-amino-alcohol motifs (C(OH)–C–C–N with tert-alkyl or cyclic N) is 1. The van der Waals surface area contributed by atoms with E-state index in [1.165, 1.54) is 12.4 Å². The molecule has 10 heteroatoms. The van der Waals surface area contributed by atoms with Crippen molar-refractivity contribution in [2.45, 2.75) is 32.8 Å². The van der Waals surface area contributed by atoms with Gasteiger partial charge in [0.25, 0.3) is 5.91 Å². The summed E-state index contributed by atoms with van der Waals surface area (Å²) in [6.45, 7) is 7.96. The van der Waals surface area contributed by atoms with E-state index in [4.69, 9.17) is 11.6 Å². The molecule has 3 aromatic rings. The number of nitrogens with zero attached hydrogens (tertiary/aromatic N) is 5. The van der Waals surface area contributed by atoms with Gasteiger partial charge in [-0.25, -0.2) is 19.3 Å². The van der Waals surface area contributed by atoms with Gasteiger partial charge in [0.2, 0.25) is 0 Å². The lowest BCUT2D eigenvalue weighted by atomic mass is 10.0. The van der Waals surface area contributed by atoms with Crippen molar-refractivity contribution in [2.24, 2.45) is 0 Å². The Morgan fingerprint density at radius 2 is 1.90 bits per heavy atom. The normalized spacial score (nSPS) is 14.1. The van der Waals surface area contributed by atoms with E-state index in [1.807, 2.05) is 19.1 Å². The number of piperazine rings is 1. The minimum Gasteiger partial charge on any atom is -0.389 e. The molecule has 1 amide bonds. The van der Waals surface area contributed by atoms with Gasteiger partial charge < -0.3 is 15.3 Å². The Kier molecular flexibility index (Phi) is 8.80. The van der Waals surface area contributed by atoms with E-state index in [2.05, 4.69) is 37.0 Å². The highest BCUT2D eigenvalue weighted by Crippen LogP contribution is 2.31. The molecule has 0 spiro atoms. The molecule has 204 valence electrons. The number of amides is 1. The number of aromatic nitrogens is 3. The molecule has 3 heterocycles. The lowest BCUT2D eigenvalue weighted by molar-refractivity contribution is 0.0178. The first kappa shape index (κ1) is 28.4. The maximum absolute atomic E-state index is 15.5. The van der Waals surface area contributed by atoms with E-state index >= 15 is 4.39 Å². The van der Waals surface area contributed by atoms with Crippen molar-refractivity contribution in [1.29, 1.82) is 0 Å². The van der Waals surface area contributed by atoms with Gasteiger partial charge in [0, 0.05) is 57.1 Å². The number of aliphatic hydroxyl groups is 1. The fourth-order valence-electron chi connectivity index (χ4n) is 4.52. The summed E-state index contributed by atoms with van der Waals surface area (Å²) in [6.07, 6.45) is 3.68. The molecular weight excluding hydrogens is 519 g/mol. The molecule has 1 fully saturated rings. The number of benzene rings is 1. The Morgan fingerprint density at radius 3 is 2.49 bits per heavy atom. The zero-order valence-corrected chi connectivity index (χ0v) is 23.3. The lowest BCUT2D eigenvalue weighted by Gasteiger charge is -2.37. The Labute approximate surface area is 233 Å². The topological polar surface area (TPSA) is 94.5 Å². The van der Waals surface area contributed by atoms with E-state index in [0.29, 0.717) is 67.2 Å². The lowest BCUT2D eigenvalue weighted by Crippen LogP contribution is -2.52. The van der Waals surface area contributed by atoms with Crippen LogP contribution in [0.2, 0.25) is 5.02 Å². The van der Waals surface area contributed by atoms with Gasteiger partial charge in [-0.15, -0.1) is 0 Å². The molecule has 2 N–H and O–H groups in total. The molecule has 1 aliphatic heterocycles. The second-order valence-electron chi connectivity index (χ2n) is 10.0. The number of halogens is 2. The first-order valence-corrected chi connectivity index (χ1v) is 13.2. The third-order valence-electron chi connectivity index (χ3n) is 6.41. The third-order valence-corrected chi connectivity index (χ3v) is 6.71. The van der Waals surface area contributed by atoms with Gasteiger partial charge in [0.15, 0.2) is 0 Å². The number of aryl methyl sites for hydroxylation is 1. The summed E-state index contributed by atoms with van der Waals surface area (Å²) in [6, 6.07) is 6.51. The average molecular weight is 551 g/mol. The van der Waals surface area contributed by atoms with Gasteiger partial charge in [-0.1, -0.05) is 30.4 Å². The molecule has 0 bridgehead atoms. The molecule has 1 aromatic carbocycles. The Morgan fingerprint density at radius 1 is 1.15 bits per heavy atom. The summed E-state index contributed by atoms with van der Waals surface area (Å²) in [5.41, 5.74) is 1.85. The molecule has 39 heavy (non-hydrogen) atoms. The fraction of sp³-hybridized carbons (Fsp3) is 0.379. The summed E-state index contributed by atoms with van der Waals surface area (Å²) in [5, 5.41) is 13.0. The van der Waals surface area contributed by atoms with Crippen LogP contribution in [0.1, 0.15) is 48.0 Å². The summed E-state index contributed by atoms with van der Waals surface area (Å²) in [4.78, 5) is 29.9. The number of carbonyl (C=O) groups is 1. The zero-order chi connectivity index (χ0) is 28.2. The molecule has 8 nitrogen and oxygen atoms in total. The number of nitrogens with one attached hydrogen (secondary N) is 1. The van der Waals surface area contributed by atoms with Crippen LogP contribution in [0.15, 0.2) is 36.8 Å². The van der Waals surface area contributed by atoms with Crippen molar-refractivity contribution in [3.8, 4) is 23.1 Å². The molecule has 1 aliphatic rings. The zero-order valence-electron chi connectivity index (χ0n) is 22.6. The van der Waals surface area contributed by atoms with Crippen LogP contribution in [0.3, 0.4) is 0 Å². The van der Waals surface area contributed by atoms with Gasteiger partial charge >= 0.3 is 0 Å². The van der Waals surface area contributed by atoms with E-state index in [0.717, 1.165) is 5.82 Å². The number of carbonyl (C=O) groups excluding carboxylic acids is 1. The maximum atomic E-state index is 15.5. The van der Waals surface area contributed by atoms with Crippen LogP contribution in [-0.2, 0) is 6.42 Å². The number of rotatable bonds is 6. The third kappa shape index (κ3) is 6.90. The standard InChI is InChI=1S/C29H32ClFN6O2/c1-5-24-21(8-6-19-7-9-25(32-4)33-16-19)27(35-18-34-24)20-14-22(30)26(23(31)15-20)28(38)37-12-10-36(11-13-37)17-29(2,3)39/h7,9,14-16,18,39H,5,10-13,17H2,1-4H3,(H,32,33). The molecule has 1 saturated heterocycles. The Balaban J connectivity index is 1.61. The number of hydrogen-bond acceptors (Lipinski definition) is 7. The molecule has 2 aromatic heterocycles. The van der Waals surface area contributed by atoms with Crippen molar-refractivity contribution in [3.05, 3.63) is 70.0 Å². The fourth-order valence-corrected chi connectivity index (χ4v) is 4.81. The molecular formula is C29H32ClFN6O2. The number of pyridine rings is 1. The van der Waals surface area contributed by atoms with E-state index in [-0.39, 0.29) is 10.6 Å². The van der Waals surface area contributed by atoms with E-state index in [9.17, 15) is 9.90 Å². The van der Waals surface area contributed by atoms with Crippen LogP contribution in [-0.4, -0.2) is 81.1 Å². The Bertz CT molecular complexity index is 1380. The molecule has 0 saturated carbocycles. The highest BCUT2D eigenvalue weighted by Gasteiger charge is 2.29. The predicted octanol–water partition coefficient (Wildman–Crippen LogP) is 3.86. The smallest absolute Gasteiger partial charge is 0.258 e. The van der Waals surface area contributed by atoms with E-state index < -0.39 is 17.3 Å². The minimum atomic E-state index is -0.826. The van der Waals surface area contributed by atoms with Crippen LogP contribution < -0.4 is 5.32 Å². The largest absolute Gasteiger partial charge is 0.389 e. The van der Waals surface area contributed by atoms with Gasteiger partial charge in [-0.05, 0) is 44.5 Å². The van der Waals surface area contributed by atoms with Crippen molar-refractivity contribution >= 4 is 23.3 Å². The van der Waals surface area contributed by atoms with Crippen LogP contribution in [0.4, 0.5) is 10.2 Å². The van der Waals surface area contributed by atoms with Crippen LogP contribution in [0, 0.1) is 17.7 Å². The highest BCUT2D eigenvalue weighted by atomic mass is 35.5. The van der Waals surface area contributed by atoms with Crippen molar-refractivity contribution < 1.29 is 14.3 Å². The van der Waals surface area contributed by atoms with Crippen molar-refractivity contribution in [3.63, 3.8) is 0 Å². The minimum absolute atomic E-state index is 0.0105. The van der Waals surface area contributed by atoms with Gasteiger partial charge in [0.1, 0.15) is 18.0 Å². The van der Waals surface area contributed by atoms with Gasteiger partial charge in [-0.2, -0.15) is 0 Å². The van der Waals surface area contributed by atoms with Crippen LogP contribution in [0.5, 0.6) is 0 Å². The first-order chi connectivity index (χ1) is 18.6. The van der Waals surface area contributed by atoms with E-state index in [1.54, 1.807) is 38.1 Å². The maximum Gasteiger partial charge on any atom is 0.258 e. The molecule has 0 aliphatic carbocycles. The molecule has 0 radical (unpaired) electrons. The van der Waals surface area contributed by atoms with Crippen molar-refractivity contribution in [2.75, 3.05) is 45.1 Å². The molecule has 0 atom stereocenters. The van der Waals surface area contributed by atoms with Gasteiger partial charge in [0.05, 0.1) is 33.1 Å². The van der Waals surface area contributed by atoms with Gasteiger partial charge in [-0.3, -0.25) is 9.69 Å². The first-order valence-electron chi connectivity index (χ1n) is 12.8. The summed E-state index contributed by atoms with van der Waals surface area (Å²) in [5.74, 6) is 5.78. The summed E-state index contributed by atoms with van der Waals surface area (Å²) in [7, 11) is 1.79. The molecule has 4 rings (SSSR count). The summed E-state index contributed by atoms with van der Waals surface area (Å²) >= 11 is 6.52. The quantitative estimate of drug-likeness (QED) is 0.450. The Hall–Kier alpha value is -3.58. The summed E-state index contributed by atoms with van der Waals surface area (Å²) < 4.78 is 15.5. The monoisotopic (exact) mass is 550 g/mol. The highest BCUT2D eigenvalue weighted by molar-refractivity contribution is 6.34. The second kappa shape index (κ2) is 12.1. The second-order valence-corrected chi connectivity index (χ2v) is 10.4.